The van der Waals surface area contributed by atoms with Gasteiger partial charge < -0.3 is 19.7 Å². The molecule has 2 heterocycles. The van der Waals surface area contributed by atoms with E-state index in [9.17, 15) is 4.79 Å². The molecule has 0 radical (unpaired) electrons. The molecule has 24 heavy (non-hydrogen) atoms. The van der Waals surface area contributed by atoms with E-state index in [1.807, 2.05) is 0 Å². The minimum Gasteiger partial charge on any atom is -0.384 e. The molecule has 1 amide bonds. The van der Waals surface area contributed by atoms with Gasteiger partial charge in [0, 0.05) is 20.2 Å². The van der Waals surface area contributed by atoms with Crippen LogP contribution in [0.25, 0.3) is 0 Å². The van der Waals surface area contributed by atoms with E-state index in [1.54, 1.807) is 7.11 Å². The van der Waals surface area contributed by atoms with Gasteiger partial charge in [0.15, 0.2) is 0 Å². The van der Waals surface area contributed by atoms with Gasteiger partial charge in [-0.3, -0.25) is 4.79 Å². The van der Waals surface area contributed by atoms with Gasteiger partial charge in [0.05, 0.1) is 24.2 Å². The number of methoxy groups -OCH3 is 1. The van der Waals surface area contributed by atoms with Crippen LogP contribution < -0.4 is 5.32 Å². The molecular weight excluding hydrogens is 328 g/mol. The van der Waals surface area contributed by atoms with Crippen LogP contribution in [0.5, 0.6) is 0 Å². The van der Waals surface area contributed by atoms with Crippen molar-refractivity contribution in [2.75, 3.05) is 39.9 Å². The summed E-state index contributed by atoms with van der Waals surface area (Å²) in [7, 11) is 1.71. The SMILES string of the molecule is COCC1(C(=O)N2CCC(OC3CCCC3)CC2)CCNCC1.Cl. The van der Waals surface area contributed by atoms with Crippen LogP contribution in [0.15, 0.2) is 0 Å². The Morgan fingerprint density at radius 2 is 1.67 bits per heavy atom. The summed E-state index contributed by atoms with van der Waals surface area (Å²) in [6.45, 7) is 4.06. The number of ether oxygens (including phenoxy) is 2. The number of hydrogen-bond donors (Lipinski definition) is 1. The number of rotatable bonds is 5. The number of hydrogen-bond acceptors (Lipinski definition) is 4. The predicted octanol–water partition coefficient (Wildman–Crippen LogP) is 2.37. The Kier molecular flexibility index (Phi) is 7.79. The summed E-state index contributed by atoms with van der Waals surface area (Å²) in [5, 5.41) is 3.36. The fourth-order valence-electron chi connectivity index (χ4n) is 4.43. The fraction of sp³-hybridized carbons (Fsp3) is 0.944. The van der Waals surface area contributed by atoms with Crippen LogP contribution in [0.2, 0.25) is 0 Å². The number of piperidine rings is 2. The highest BCUT2D eigenvalue weighted by Gasteiger charge is 2.43. The van der Waals surface area contributed by atoms with E-state index in [1.165, 1.54) is 25.7 Å². The van der Waals surface area contributed by atoms with Crippen molar-refractivity contribution in [3.8, 4) is 0 Å². The molecule has 140 valence electrons. The Balaban J connectivity index is 0.00000208. The summed E-state index contributed by atoms with van der Waals surface area (Å²) in [5.41, 5.74) is -0.306. The molecule has 0 aromatic rings. The van der Waals surface area contributed by atoms with Gasteiger partial charge in [-0.05, 0) is 51.6 Å². The van der Waals surface area contributed by atoms with Crippen LogP contribution in [0.4, 0.5) is 0 Å². The molecule has 1 N–H and O–H groups in total. The van der Waals surface area contributed by atoms with Gasteiger partial charge in [-0.25, -0.2) is 0 Å². The van der Waals surface area contributed by atoms with Crippen LogP contribution in [0, 0.1) is 5.41 Å². The largest absolute Gasteiger partial charge is 0.384 e. The van der Waals surface area contributed by atoms with Gasteiger partial charge in [-0.15, -0.1) is 12.4 Å². The molecule has 0 aromatic carbocycles. The lowest BCUT2D eigenvalue weighted by Crippen LogP contribution is -2.53. The zero-order valence-corrected chi connectivity index (χ0v) is 15.7. The Bertz CT molecular complexity index is 382. The van der Waals surface area contributed by atoms with Crippen LogP contribution in [-0.4, -0.2) is 62.9 Å². The number of carbonyl (C=O) groups is 1. The van der Waals surface area contributed by atoms with E-state index < -0.39 is 0 Å². The average molecular weight is 361 g/mol. The molecule has 1 aliphatic carbocycles. The van der Waals surface area contributed by atoms with Crippen molar-refractivity contribution in [2.45, 2.75) is 63.6 Å². The van der Waals surface area contributed by atoms with Gasteiger partial charge >= 0.3 is 0 Å². The first-order valence-electron chi connectivity index (χ1n) is 9.38. The lowest BCUT2D eigenvalue weighted by atomic mass is 9.78. The van der Waals surface area contributed by atoms with Crippen LogP contribution in [0.3, 0.4) is 0 Å². The highest BCUT2D eigenvalue weighted by atomic mass is 35.5. The summed E-state index contributed by atoms with van der Waals surface area (Å²) in [6.07, 6.45) is 9.67. The van der Waals surface area contributed by atoms with Crippen molar-refractivity contribution in [2.24, 2.45) is 5.41 Å². The molecule has 3 aliphatic rings. The molecule has 3 rings (SSSR count). The number of carbonyl (C=O) groups excluding carboxylic acids is 1. The third-order valence-electron chi connectivity index (χ3n) is 5.85. The molecule has 3 fully saturated rings. The average Bonchev–Trinajstić information content (AvgIpc) is 3.09. The highest BCUT2D eigenvalue weighted by Crippen LogP contribution is 2.33. The Labute approximate surface area is 152 Å². The fourth-order valence-corrected chi connectivity index (χ4v) is 4.43. The van der Waals surface area contributed by atoms with Gasteiger partial charge in [0.1, 0.15) is 0 Å². The standard InChI is InChI=1S/C18H32N2O3.ClH/c1-22-14-18(8-10-19-11-9-18)17(21)20-12-6-16(7-13-20)23-15-4-2-3-5-15;/h15-16,19H,2-14H2,1H3;1H. The minimum absolute atomic E-state index is 0. The summed E-state index contributed by atoms with van der Waals surface area (Å²) >= 11 is 0. The van der Waals surface area contributed by atoms with Crippen molar-refractivity contribution >= 4 is 18.3 Å². The third-order valence-corrected chi connectivity index (χ3v) is 5.85. The smallest absolute Gasteiger partial charge is 0.231 e. The molecule has 0 atom stereocenters. The quantitative estimate of drug-likeness (QED) is 0.817. The van der Waals surface area contributed by atoms with E-state index in [2.05, 4.69) is 10.2 Å². The van der Waals surface area contributed by atoms with Crippen molar-refractivity contribution < 1.29 is 14.3 Å². The Hall–Kier alpha value is -0.360. The zero-order chi connectivity index (χ0) is 16.1. The Morgan fingerprint density at radius 3 is 2.25 bits per heavy atom. The third kappa shape index (κ3) is 4.63. The molecule has 1 saturated carbocycles. The minimum atomic E-state index is -0.306. The lowest BCUT2D eigenvalue weighted by Gasteiger charge is -2.42. The topological polar surface area (TPSA) is 50.8 Å². The molecule has 0 aromatic heterocycles. The van der Waals surface area contributed by atoms with E-state index in [-0.39, 0.29) is 17.8 Å². The normalized spacial score (nSPS) is 25.5. The van der Waals surface area contributed by atoms with Crippen molar-refractivity contribution in [1.82, 2.24) is 10.2 Å². The summed E-state index contributed by atoms with van der Waals surface area (Å²) < 4.78 is 11.6. The molecule has 5 nitrogen and oxygen atoms in total. The van der Waals surface area contributed by atoms with Crippen LogP contribution in [-0.2, 0) is 14.3 Å². The second-order valence-corrected chi connectivity index (χ2v) is 7.50. The predicted molar refractivity (Wildman–Crippen MR) is 96.6 cm³/mol. The van der Waals surface area contributed by atoms with Gasteiger partial charge in [0.25, 0.3) is 0 Å². The zero-order valence-electron chi connectivity index (χ0n) is 14.9. The first-order valence-corrected chi connectivity index (χ1v) is 9.38. The maximum atomic E-state index is 13.1. The number of amides is 1. The summed E-state index contributed by atoms with van der Waals surface area (Å²) in [4.78, 5) is 15.2. The van der Waals surface area contributed by atoms with E-state index in [0.717, 1.165) is 51.9 Å². The lowest BCUT2D eigenvalue weighted by molar-refractivity contribution is -0.150. The number of likely N-dealkylation sites (tertiary alicyclic amines) is 1. The monoisotopic (exact) mass is 360 g/mol. The van der Waals surface area contributed by atoms with Crippen LogP contribution >= 0.6 is 12.4 Å². The first-order chi connectivity index (χ1) is 11.2. The molecule has 2 saturated heterocycles. The van der Waals surface area contributed by atoms with Gasteiger partial charge in [-0.2, -0.15) is 0 Å². The summed E-state index contributed by atoms with van der Waals surface area (Å²) in [6, 6.07) is 0. The Morgan fingerprint density at radius 1 is 1.08 bits per heavy atom. The number of nitrogens with one attached hydrogen (secondary N) is 1. The van der Waals surface area contributed by atoms with E-state index >= 15 is 0 Å². The molecule has 2 aliphatic heterocycles. The van der Waals surface area contributed by atoms with Crippen molar-refractivity contribution in [3.05, 3.63) is 0 Å². The van der Waals surface area contributed by atoms with E-state index in [4.69, 9.17) is 9.47 Å². The maximum absolute atomic E-state index is 13.1. The highest BCUT2D eigenvalue weighted by molar-refractivity contribution is 5.85. The first kappa shape index (κ1) is 20.0. The van der Waals surface area contributed by atoms with Crippen molar-refractivity contribution in [1.29, 1.82) is 0 Å². The molecule has 0 unspecified atom stereocenters. The number of halogens is 1. The molecule has 0 bridgehead atoms. The second kappa shape index (κ2) is 9.37. The number of nitrogens with zero attached hydrogens (tertiary/aromatic N) is 1. The molecule has 0 spiro atoms. The van der Waals surface area contributed by atoms with E-state index in [0.29, 0.717) is 24.7 Å². The molecular formula is C18H33ClN2O3. The second-order valence-electron chi connectivity index (χ2n) is 7.50. The van der Waals surface area contributed by atoms with Gasteiger partial charge in [0.2, 0.25) is 5.91 Å². The van der Waals surface area contributed by atoms with Gasteiger partial charge in [-0.1, -0.05) is 12.8 Å². The maximum Gasteiger partial charge on any atom is 0.231 e. The van der Waals surface area contributed by atoms with Crippen molar-refractivity contribution in [3.63, 3.8) is 0 Å². The molecule has 6 heteroatoms. The summed E-state index contributed by atoms with van der Waals surface area (Å²) in [5.74, 6) is 0.306. The van der Waals surface area contributed by atoms with Crippen LogP contribution in [0.1, 0.15) is 51.4 Å².